The summed E-state index contributed by atoms with van der Waals surface area (Å²) in [6.45, 7) is 0. The van der Waals surface area contributed by atoms with Crippen LogP contribution in [0.2, 0.25) is 41.0 Å². The van der Waals surface area contributed by atoms with Crippen molar-refractivity contribution in [2.24, 2.45) is 0 Å². The van der Waals surface area contributed by atoms with Gasteiger partial charge in [-0.15, -0.1) is 0 Å². The number of halogens is 13. The molecule has 2 N–H and O–H groups in total. The first-order valence-electron chi connectivity index (χ1n) is 34.0. The monoisotopic (exact) mass is 2030 g/mol. The summed E-state index contributed by atoms with van der Waals surface area (Å²) in [7, 11) is 21.3. The molecule has 0 saturated carbocycles. The Morgan fingerprint density at radius 2 is 0.627 bits per heavy atom. The van der Waals surface area contributed by atoms with E-state index in [1.165, 1.54) is 72.4 Å². The van der Waals surface area contributed by atoms with Crippen molar-refractivity contribution in [3.05, 3.63) is 325 Å². The predicted molar refractivity (Wildman–Crippen MR) is 495 cm³/mol. The van der Waals surface area contributed by atoms with Gasteiger partial charge in [-0.2, -0.15) is 8.42 Å². The molecule has 0 atom stereocenters. The molecule has 0 bridgehead atoms. The van der Waals surface area contributed by atoms with Crippen molar-refractivity contribution in [3.63, 3.8) is 0 Å². The molecule has 15 aromatic rings. The third-order valence-electron chi connectivity index (χ3n) is 16.1. The molecule has 15 rings (SSSR count). The van der Waals surface area contributed by atoms with Gasteiger partial charge in [0, 0.05) is 84.3 Å². The van der Waals surface area contributed by atoms with Crippen LogP contribution < -0.4 is 65.7 Å². The van der Waals surface area contributed by atoms with E-state index in [9.17, 15) is 0 Å². The molecule has 0 spiro atoms. The van der Waals surface area contributed by atoms with E-state index < -0.39 is 31.2 Å². The van der Waals surface area contributed by atoms with Gasteiger partial charge >= 0.3 is 50.4 Å². The van der Waals surface area contributed by atoms with Gasteiger partial charge in [0.05, 0.1) is 84.3 Å². The number of aromatic nitrogens is 6. The molecule has 0 saturated heterocycles. The second-order valence-corrected chi connectivity index (χ2v) is 37.9. The second kappa shape index (κ2) is 49.1. The molecule has 12 aromatic carbocycles. The van der Waals surface area contributed by atoms with E-state index in [2.05, 4.69) is 249 Å². The Kier molecular flexibility index (Phi) is 40.1. The van der Waals surface area contributed by atoms with Crippen molar-refractivity contribution in [1.29, 1.82) is 0 Å². The minimum atomic E-state index is -3.72. The molecule has 0 aliphatic carbocycles. The zero-order chi connectivity index (χ0) is 85.4. The van der Waals surface area contributed by atoms with Crippen LogP contribution in [0, 0.1) is 0 Å². The van der Waals surface area contributed by atoms with Crippen LogP contribution in [0.4, 0.5) is 0 Å². The van der Waals surface area contributed by atoms with Crippen LogP contribution in [0.3, 0.4) is 0 Å². The van der Waals surface area contributed by atoms with Gasteiger partial charge < -0.3 is 38.5 Å². The number of hydrogen-bond acceptors (Lipinski definition) is 16. The van der Waals surface area contributed by atoms with E-state index in [-0.39, 0.29) is 31.8 Å². The number of benzene rings is 12. The van der Waals surface area contributed by atoms with Crippen molar-refractivity contribution < 1.29 is 62.8 Å². The van der Waals surface area contributed by atoms with Crippen LogP contribution in [0.5, 0.6) is 34.5 Å². The normalized spacial score (nSPS) is 10.5. The Hall–Kier alpha value is -7.12. The molecule has 34 heteroatoms. The summed E-state index contributed by atoms with van der Waals surface area (Å²) in [5.41, 5.74) is 5.26. The molecule has 0 fully saturated rings. The molecule has 0 aliphatic heterocycles. The van der Waals surface area contributed by atoms with Crippen LogP contribution in [-0.2, 0) is 24.2 Å². The number of methoxy groups -OCH3 is 6. The van der Waals surface area contributed by atoms with Crippen LogP contribution in [0.15, 0.2) is 284 Å². The molecule has 0 radical (unpaired) electrons. The standard InChI is InChI=1S/2C18H15P.C16H10Cl4N2O2.C16H12Cl2N2O2.C8H11BO4.C8H3BrCl2N2.Cl2O2S.2ClH.Pd/c2*1-4-10-16(11-5-1)19(17-12-6-2-7-13-17)18-14-8-3-9-15-18;1-23-10-5-11(24-2)14(19)12(13(10)18)7-3-8-6-21-16(20)22-15(8)9(17)4-7;1-21-12-4-10(5-13(7-12)22-2)9-3-11-8-19-16(18)20-15(11)14(17)6-9;1-12-7-3-6(9(10)11)4-8(5-7)13-2;9-5-1-4-3-12-8(11)13-7(4)6(10)2-5;1-5(2,3)4;;;/h2*1-15H;3-6H,1-2H3;3-8H,1-2H3;3-5,10-11H,1-2H3;1-3H;;2*1H;/q;;;;;;;;;+2/p-2. The molecule has 0 amide bonds. The van der Waals surface area contributed by atoms with Crippen LogP contribution in [0.1, 0.15) is 0 Å². The van der Waals surface area contributed by atoms with Gasteiger partial charge in [0.1, 0.15) is 34.5 Å². The van der Waals surface area contributed by atoms with Crippen molar-refractivity contribution >= 4 is 250 Å². The zero-order valence-electron chi connectivity index (χ0n) is 62.5. The van der Waals surface area contributed by atoms with E-state index in [4.69, 9.17) is 159 Å². The third-order valence-corrected chi connectivity index (χ3v) is 23.6. The first-order chi connectivity index (χ1) is 56.7. The first kappa shape index (κ1) is 96.3. The van der Waals surface area contributed by atoms with Gasteiger partial charge in [-0.3, -0.25) is 0 Å². The molecule has 118 heavy (non-hydrogen) atoms. The maximum absolute atomic E-state index is 9.16. The second-order valence-electron chi connectivity index (χ2n) is 23.5. The van der Waals surface area contributed by atoms with Crippen LogP contribution >= 0.6 is 165 Å². The van der Waals surface area contributed by atoms with E-state index in [0.717, 1.165) is 26.4 Å². The smallest absolute Gasteiger partial charge is 0.0134 e. The fourth-order valence-corrected chi connectivity index (χ4v) is 18.1. The maximum Gasteiger partial charge on any atom is -0.0134 e. The molecule has 0 unspecified atom stereocenters. The van der Waals surface area contributed by atoms with Gasteiger partial charge in [0.15, 0.2) is 0 Å². The summed E-state index contributed by atoms with van der Waals surface area (Å²) >= 11 is 52.0. The minimum Gasteiger partial charge on any atom is -0.0622 e. The quantitative estimate of drug-likeness (QED) is 0.0423. The molecule has 16 nitrogen and oxygen atoms in total. The van der Waals surface area contributed by atoms with E-state index in [1.54, 1.807) is 57.1 Å². The van der Waals surface area contributed by atoms with Crippen LogP contribution in [-0.4, -0.2) is 98.1 Å². The van der Waals surface area contributed by atoms with Crippen molar-refractivity contribution in [3.8, 4) is 56.8 Å². The number of rotatable bonds is 15. The SMILES string of the molecule is COc1cc(OC)c(Cl)c(-c2cc(Cl)c3nc(Cl)ncc3c2)c1Cl.COc1cc(OC)cc(-c2cc(Cl)c3nc(Cl)ncc3c2)c1.COc1cc(OC)cc(B(O)O)c1.Clc1ncc2cc(Br)cc(Cl)c2n1.O=S(=O)(Cl)Cl.[Cl][Pd][Cl].c1ccc(P(c2ccccc2)c2ccccc2)cc1.c1ccc(P(c2ccccc2)c2ccccc2)cc1. The Bertz CT molecular complexity index is 5500. The summed E-state index contributed by atoms with van der Waals surface area (Å²) in [6, 6.07) is 87.6. The Morgan fingerprint density at radius 1 is 0.364 bits per heavy atom. The summed E-state index contributed by atoms with van der Waals surface area (Å²) in [6.07, 6.45) is 4.87. The Balaban J connectivity index is 0.000000175. The Labute approximate surface area is 759 Å². The molecular weight excluding hydrogens is 1970 g/mol. The number of nitrogens with zero attached hydrogens (tertiary/aromatic N) is 6. The topological polar surface area (TPSA) is 207 Å². The molecule has 612 valence electrons. The van der Waals surface area contributed by atoms with Gasteiger partial charge in [-0.05, 0) is 165 Å². The fourth-order valence-electron chi connectivity index (χ4n) is 11.0. The maximum atomic E-state index is 9.16. The average Bonchev–Trinajstić information content (AvgIpc) is 0.774. The summed E-state index contributed by atoms with van der Waals surface area (Å²) < 4.78 is 50.3. The summed E-state index contributed by atoms with van der Waals surface area (Å²) in [5.74, 6) is 3.36. The predicted octanol–water partition coefficient (Wildman–Crippen LogP) is 22.6. The van der Waals surface area contributed by atoms with Gasteiger partial charge in [-0.25, -0.2) is 29.9 Å². The van der Waals surface area contributed by atoms with Crippen molar-refractivity contribution in [1.82, 2.24) is 29.9 Å². The van der Waals surface area contributed by atoms with Crippen LogP contribution in [0.25, 0.3) is 55.0 Å². The van der Waals surface area contributed by atoms with E-state index >= 15 is 0 Å². The van der Waals surface area contributed by atoms with E-state index in [1.807, 2.05) is 42.5 Å². The van der Waals surface area contributed by atoms with Gasteiger partial charge in [0.2, 0.25) is 15.9 Å². The van der Waals surface area contributed by atoms with Gasteiger partial charge in [-0.1, -0.05) is 256 Å². The summed E-state index contributed by atoms with van der Waals surface area (Å²) in [4.78, 5) is 24.1. The number of ether oxygens (including phenoxy) is 6. The summed E-state index contributed by atoms with van der Waals surface area (Å²) in [5, 5.41) is 31.3. The molecular formula is C84H66BBrCl12N6O10P2PdS. The average molecular weight is 2040 g/mol. The molecule has 3 heterocycles. The van der Waals surface area contributed by atoms with Gasteiger partial charge in [0.25, 0.3) is 0 Å². The van der Waals surface area contributed by atoms with E-state index in [0.29, 0.717) is 98.1 Å². The fraction of sp³-hybridized carbons (Fsp3) is 0.0714. The zero-order valence-corrected chi connectivity index (χ0v) is 77.3. The largest absolute Gasteiger partial charge is 0.0622 e. The minimum absolute atomic E-state index is 0.106. The van der Waals surface area contributed by atoms with Crippen molar-refractivity contribution in [2.45, 2.75) is 0 Å². The Morgan fingerprint density at radius 3 is 0.915 bits per heavy atom. The molecule has 0 aliphatic rings. The first-order valence-corrected chi connectivity index (χ1v) is 47.7. The number of fused-ring (bicyclic) bond motifs is 3. The molecule has 3 aromatic heterocycles. The third kappa shape index (κ3) is 29.3. The number of hydrogen-bond donors (Lipinski definition) is 2. The van der Waals surface area contributed by atoms with Crippen molar-refractivity contribution in [2.75, 3.05) is 42.7 Å².